The van der Waals surface area contributed by atoms with Crippen LogP contribution in [0.4, 0.5) is 5.69 Å². The molecule has 3 atom stereocenters. The van der Waals surface area contributed by atoms with Gasteiger partial charge in [0.15, 0.2) is 0 Å². The summed E-state index contributed by atoms with van der Waals surface area (Å²) in [6, 6.07) is 13.4. The van der Waals surface area contributed by atoms with Gasteiger partial charge in [-0.05, 0) is 76.6 Å². The molecule has 1 aromatic heterocycles. The van der Waals surface area contributed by atoms with Crippen LogP contribution in [-0.2, 0) is 29.7 Å². The number of amides is 4. The molecule has 14 heteroatoms. The third-order valence-electron chi connectivity index (χ3n) is 10.4. The predicted molar refractivity (Wildman–Crippen MR) is 190 cm³/mol. The molecule has 0 radical (unpaired) electrons. The highest BCUT2D eigenvalue weighted by molar-refractivity contribution is 9.10. The summed E-state index contributed by atoms with van der Waals surface area (Å²) in [6.07, 6.45) is 3.14. The number of hydrogen-bond acceptors (Lipinski definition) is 9. The molecule has 4 aliphatic heterocycles. The van der Waals surface area contributed by atoms with Gasteiger partial charge < -0.3 is 20.0 Å². The molecule has 13 nitrogen and oxygen atoms in total. The summed E-state index contributed by atoms with van der Waals surface area (Å²) in [5.41, 5.74) is 4.96. The van der Waals surface area contributed by atoms with Gasteiger partial charge in [-0.25, -0.2) is 4.68 Å². The topological polar surface area (TPSA) is 140 Å². The van der Waals surface area contributed by atoms with Crippen molar-refractivity contribution in [3.8, 4) is 0 Å². The Hall–Kier alpha value is -4.40. The Morgan fingerprint density at radius 3 is 2.50 bits per heavy atom. The molecule has 5 heterocycles. The number of carbonyl (C=O) groups is 4. The van der Waals surface area contributed by atoms with Gasteiger partial charge in [-0.2, -0.15) is 5.10 Å². The van der Waals surface area contributed by atoms with Crippen LogP contribution in [-0.4, -0.2) is 111 Å². The second-order valence-electron chi connectivity index (χ2n) is 13.9. The lowest BCUT2D eigenvalue weighted by Crippen LogP contribution is -2.52. The first-order valence-electron chi connectivity index (χ1n) is 17.1. The number of nitrogens with one attached hydrogen (secondary N) is 2. The third-order valence-corrected chi connectivity index (χ3v) is 11.1. The van der Waals surface area contributed by atoms with Gasteiger partial charge in [-0.15, -0.1) is 0 Å². The van der Waals surface area contributed by atoms with E-state index < -0.39 is 11.9 Å². The largest absolute Gasteiger partial charge is 0.379 e. The van der Waals surface area contributed by atoms with E-state index in [0.717, 1.165) is 43.7 Å². The average molecular weight is 746 g/mol. The Kier molecular flexibility index (Phi) is 9.59. The summed E-state index contributed by atoms with van der Waals surface area (Å²) >= 11 is 3.42. The van der Waals surface area contributed by atoms with E-state index in [9.17, 15) is 24.0 Å². The molecule has 262 valence electrons. The SMILES string of the molecule is CN1C[C@@H](Nc2cnn(C)c(=O)c2Br)C[C@@H](c2ccc(C(=O)N3CCN(Cc4ccc5c(c4)CN(C4CCC(=O)NC4=O)C5=O)CC3)cc2)C1. The fourth-order valence-corrected chi connectivity index (χ4v) is 8.14. The minimum atomic E-state index is -0.624. The smallest absolute Gasteiger partial charge is 0.282 e. The quantitative estimate of drug-likeness (QED) is 0.349. The van der Waals surface area contributed by atoms with Crippen LogP contribution in [0.25, 0.3) is 0 Å². The van der Waals surface area contributed by atoms with E-state index in [0.29, 0.717) is 53.9 Å². The van der Waals surface area contributed by atoms with Crippen LogP contribution in [0.1, 0.15) is 62.6 Å². The monoisotopic (exact) mass is 744 g/mol. The van der Waals surface area contributed by atoms with Gasteiger partial charge in [0.05, 0.1) is 11.9 Å². The van der Waals surface area contributed by atoms with Crippen molar-refractivity contribution < 1.29 is 19.2 Å². The number of anilines is 1. The number of piperazine rings is 1. The number of halogens is 1. The van der Waals surface area contributed by atoms with Crippen LogP contribution in [0.15, 0.2) is 57.9 Å². The molecular formula is C36H41BrN8O5. The number of nitrogens with zero attached hydrogens (tertiary/aromatic N) is 6. The Morgan fingerprint density at radius 1 is 1.00 bits per heavy atom. The lowest BCUT2D eigenvalue weighted by atomic mass is 9.87. The Morgan fingerprint density at radius 2 is 1.76 bits per heavy atom. The number of piperidine rings is 2. The normalized spacial score (nSPS) is 23.2. The molecular weight excluding hydrogens is 704 g/mol. The first-order chi connectivity index (χ1) is 24.0. The molecule has 0 aliphatic carbocycles. The number of hydrogen-bond donors (Lipinski definition) is 2. The predicted octanol–water partition coefficient (Wildman–Crippen LogP) is 2.16. The highest BCUT2D eigenvalue weighted by Gasteiger charge is 2.39. The number of likely N-dealkylation sites (N-methyl/N-ethyl adjacent to an activating group) is 1. The number of carbonyl (C=O) groups excluding carboxylic acids is 4. The van der Waals surface area contributed by atoms with E-state index in [-0.39, 0.29) is 41.7 Å². The number of fused-ring (bicyclic) bond motifs is 1. The molecule has 3 fully saturated rings. The second-order valence-corrected chi connectivity index (χ2v) is 14.7. The molecule has 4 aliphatic rings. The molecule has 7 rings (SSSR count). The van der Waals surface area contributed by atoms with Crippen molar-refractivity contribution in [2.45, 2.75) is 50.4 Å². The van der Waals surface area contributed by atoms with Crippen LogP contribution in [0.5, 0.6) is 0 Å². The Bertz CT molecular complexity index is 1890. The van der Waals surface area contributed by atoms with Crippen molar-refractivity contribution in [3.63, 3.8) is 0 Å². The van der Waals surface area contributed by atoms with Gasteiger partial charge in [-0.3, -0.25) is 34.2 Å². The molecule has 2 aromatic carbocycles. The van der Waals surface area contributed by atoms with Crippen LogP contribution in [0.2, 0.25) is 0 Å². The first-order valence-corrected chi connectivity index (χ1v) is 17.9. The summed E-state index contributed by atoms with van der Waals surface area (Å²) < 4.78 is 1.78. The van der Waals surface area contributed by atoms with E-state index in [2.05, 4.69) is 60.6 Å². The second kappa shape index (κ2) is 14.1. The number of aromatic nitrogens is 2. The summed E-state index contributed by atoms with van der Waals surface area (Å²) in [5.74, 6) is -0.567. The molecule has 4 amide bonds. The van der Waals surface area contributed by atoms with E-state index >= 15 is 0 Å². The van der Waals surface area contributed by atoms with Crippen LogP contribution in [0.3, 0.4) is 0 Å². The maximum absolute atomic E-state index is 13.5. The van der Waals surface area contributed by atoms with E-state index in [1.54, 1.807) is 18.1 Å². The van der Waals surface area contributed by atoms with Crippen molar-refractivity contribution in [1.29, 1.82) is 0 Å². The van der Waals surface area contributed by atoms with Gasteiger partial charge in [0.25, 0.3) is 17.4 Å². The van der Waals surface area contributed by atoms with Gasteiger partial charge >= 0.3 is 0 Å². The van der Waals surface area contributed by atoms with Crippen LogP contribution >= 0.6 is 15.9 Å². The van der Waals surface area contributed by atoms with E-state index in [4.69, 9.17) is 0 Å². The molecule has 3 saturated heterocycles. The van der Waals surface area contributed by atoms with Crippen molar-refractivity contribution >= 4 is 45.2 Å². The summed E-state index contributed by atoms with van der Waals surface area (Å²) in [4.78, 5) is 70.9. The lowest BCUT2D eigenvalue weighted by molar-refractivity contribution is -0.136. The van der Waals surface area contributed by atoms with Crippen molar-refractivity contribution in [3.05, 3.63) is 91.3 Å². The van der Waals surface area contributed by atoms with Crippen LogP contribution < -0.4 is 16.2 Å². The molecule has 3 aromatic rings. The van der Waals surface area contributed by atoms with Crippen LogP contribution in [0, 0.1) is 0 Å². The first kappa shape index (κ1) is 34.1. The summed E-state index contributed by atoms with van der Waals surface area (Å²) in [6.45, 7) is 5.54. The highest BCUT2D eigenvalue weighted by atomic mass is 79.9. The van der Waals surface area contributed by atoms with Crippen molar-refractivity contribution in [2.24, 2.45) is 7.05 Å². The Labute approximate surface area is 298 Å². The number of imide groups is 1. The molecule has 0 bridgehead atoms. The van der Waals surface area contributed by atoms with E-state index in [1.165, 1.54) is 10.2 Å². The standard InChI is InChI=1S/C36H41BrN8O5/c1-41-19-25(16-27(21-41)39-29-17-38-42(2)36(50)32(29)37)23-4-6-24(7-5-23)34(48)44-13-11-43(12-14-44)18-22-3-8-28-26(15-22)20-45(35(28)49)30-9-10-31(46)40-33(30)47/h3-8,15,17,25,27,30,39H,9-14,16,18-21H2,1-2H3,(H,40,46,47)/t25-,27+,30?/m1/s1. The van der Waals surface area contributed by atoms with Crippen molar-refractivity contribution in [2.75, 3.05) is 51.6 Å². The zero-order valence-electron chi connectivity index (χ0n) is 28.2. The maximum Gasteiger partial charge on any atom is 0.282 e. The minimum Gasteiger partial charge on any atom is -0.379 e. The molecule has 50 heavy (non-hydrogen) atoms. The van der Waals surface area contributed by atoms with Crippen molar-refractivity contribution in [1.82, 2.24) is 34.7 Å². The maximum atomic E-state index is 13.5. The Balaban J connectivity index is 0.916. The lowest BCUT2D eigenvalue weighted by Gasteiger charge is -2.37. The number of rotatable bonds is 7. The number of benzene rings is 2. The van der Waals surface area contributed by atoms with E-state index in [1.807, 2.05) is 35.2 Å². The molecule has 2 N–H and O–H groups in total. The number of likely N-dealkylation sites (tertiary alicyclic amines) is 1. The third kappa shape index (κ3) is 6.96. The summed E-state index contributed by atoms with van der Waals surface area (Å²) in [7, 11) is 3.72. The van der Waals surface area contributed by atoms with Gasteiger partial charge in [0, 0.05) is 83.0 Å². The fourth-order valence-electron chi connectivity index (χ4n) is 7.67. The molecule has 0 spiro atoms. The molecule has 1 unspecified atom stereocenters. The zero-order chi connectivity index (χ0) is 35.1. The van der Waals surface area contributed by atoms with Gasteiger partial charge in [0.1, 0.15) is 10.5 Å². The minimum absolute atomic E-state index is 0.0316. The fraction of sp³-hybridized carbons (Fsp3) is 0.444. The summed E-state index contributed by atoms with van der Waals surface area (Å²) in [5, 5.41) is 10.0. The van der Waals surface area contributed by atoms with Gasteiger partial charge in [-0.1, -0.05) is 24.3 Å². The zero-order valence-corrected chi connectivity index (χ0v) is 29.8. The number of aryl methyl sites for hydroxylation is 1. The van der Waals surface area contributed by atoms with Gasteiger partial charge in [0.2, 0.25) is 11.8 Å². The highest BCUT2D eigenvalue weighted by Crippen LogP contribution is 2.31. The average Bonchev–Trinajstić information content (AvgIpc) is 3.43. The molecule has 0 saturated carbocycles.